The van der Waals surface area contributed by atoms with Crippen LogP contribution in [0.25, 0.3) is 16.8 Å². The predicted molar refractivity (Wildman–Crippen MR) is 184 cm³/mol. The van der Waals surface area contributed by atoms with Gasteiger partial charge in [0, 0.05) is 23.9 Å². The molecule has 3 heterocycles. The second kappa shape index (κ2) is 13.7. The number of cyclic esters (lactones) is 1. The summed E-state index contributed by atoms with van der Waals surface area (Å²) < 4.78 is 39.5. The molecule has 50 heavy (non-hydrogen) atoms. The first-order chi connectivity index (χ1) is 24.1. The molecule has 4 fully saturated rings. The maximum atomic E-state index is 14.5. The van der Waals surface area contributed by atoms with Gasteiger partial charge in [-0.2, -0.15) is 0 Å². The SMILES string of the molecule is C=C[C@H]1C[C@]1(NC(=O)[C@@H]1C[C@@H]2CN1C(=O)[C@H](C1CCCC1)NC(=O)OCCC/C=C/c1ccc3ccnc(c3c1)O2)C(=O)NS(=O)(=O)C1CC1. The highest BCUT2D eigenvalue weighted by Crippen LogP contribution is 2.45. The molecule has 1 aromatic heterocycles. The van der Waals surface area contributed by atoms with E-state index in [1.807, 2.05) is 36.4 Å². The standard InChI is InChI=1S/C36H43N5O8S/c1-2-25-20-36(25,34(44)40-50(46,47)27-13-14-27)39-31(42)29-19-26-21-41(29)33(43)30(24-9-5-6-10-24)38-35(45)48-17-7-3-4-8-22-11-12-23-15-16-37-32(49-26)28(23)18-22/h2,4,8,11-12,15-16,18,24-27,29-30H,1,3,5-7,9-10,13-14,17,19-21H2,(H,38,45)(H,39,42)(H,40,44)/b8-4+/t25-,26+,29-,30-,36+/m0/s1. The molecule has 3 N–H and O–H groups in total. The fourth-order valence-corrected chi connectivity index (χ4v) is 8.88. The van der Waals surface area contributed by atoms with E-state index in [4.69, 9.17) is 9.47 Å². The summed E-state index contributed by atoms with van der Waals surface area (Å²) in [5, 5.41) is 6.70. The van der Waals surface area contributed by atoms with Crippen molar-refractivity contribution in [2.45, 2.75) is 93.2 Å². The van der Waals surface area contributed by atoms with Crippen molar-refractivity contribution in [1.29, 1.82) is 0 Å². The van der Waals surface area contributed by atoms with Gasteiger partial charge in [0.1, 0.15) is 23.7 Å². The van der Waals surface area contributed by atoms with Gasteiger partial charge < -0.3 is 25.0 Å². The van der Waals surface area contributed by atoms with Crippen LogP contribution in [0.2, 0.25) is 0 Å². The summed E-state index contributed by atoms with van der Waals surface area (Å²) in [5.41, 5.74) is -0.585. The summed E-state index contributed by atoms with van der Waals surface area (Å²) >= 11 is 0. The van der Waals surface area contributed by atoms with Crippen molar-refractivity contribution in [2.75, 3.05) is 13.2 Å². The van der Waals surface area contributed by atoms with Gasteiger partial charge in [-0.25, -0.2) is 18.2 Å². The first-order valence-electron chi connectivity index (χ1n) is 17.5. The van der Waals surface area contributed by atoms with Gasteiger partial charge in [-0.15, -0.1) is 6.58 Å². The van der Waals surface area contributed by atoms with Crippen LogP contribution in [0.5, 0.6) is 5.88 Å². The van der Waals surface area contributed by atoms with Crippen molar-refractivity contribution in [3.05, 3.63) is 54.8 Å². The van der Waals surface area contributed by atoms with E-state index in [2.05, 4.69) is 26.9 Å². The smallest absolute Gasteiger partial charge is 0.407 e. The molecule has 2 aliphatic heterocycles. The number of benzene rings is 1. The Morgan fingerprint density at radius 1 is 1.10 bits per heavy atom. The van der Waals surface area contributed by atoms with Gasteiger partial charge in [0.05, 0.1) is 18.4 Å². The van der Waals surface area contributed by atoms with E-state index in [1.165, 1.54) is 11.0 Å². The molecule has 0 spiro atoms. The Bertz CT molecular complexity index is 1840. The number of hydrogen-bond acceptors (Lipinski definition) is 9. The summed E-state index contributed by atoms with van der Waals surface area (Å²) in [6.07, 6.45) is 11.6. The molecule has 4 amide bonds. The van der Waals surface area contributed by atoms with Crippen LogP contribution in [0.3, 0.4) is 0 Å². The molecule has 13 nitrogen and oxygen atoms in total. The van der Waals surface area contributed by atoms with Crippen LogP contribution in [-0.2, 0) is 29.1 Å². The Kier molecular flexibility index (Phi) is 9.31. The fraction of sp³-hybridized carbons (Fsp3) is 0.528. The number of hydrogen-bond donors (Lipinski definition) is 3. The number of pyridine rings is 1. The van der Waals surface area contributed by atoms with Crippen LogP contribution in [0.4, 0.5) is 4.79 Å². The zero-order chi connectivity index (χ0) is 35.0. The number of aromatic nitrogens is 1. The minimum Gasteiger partial charge on any atom is -0.472 e. The Morgan fingerprint density at radius 2 is 1.90 bits per heavy atom. The molecular formula is C36H43N5O8S. The third kappa shape index (κ3) is 6.94. The van der Waals surface area contributed by atoms with Crippen LogP contribution in [0, 0.1) is 11.8 Å². The number of amides is 4. The lowest BCUT2D eigenvalue weighted by Gasteiger charge is -2.32. The zero-order valence-electron chi connectivity index (χ0n) is 27.8. The average Bonchev–Trinajstić information content (AvgIpc) is 3.97. The Hall–Kier alpha value is -4.46. The van der Waals surface area contributed by atoms with E-state index < -0.39 is 68.7 Å². The lowest BCUT2D eigenvalue weighted by Crippen LogP contribution is -2.59. The van der Waals surface area contributed by atoms with Crippen LogP contribution < -0.4 is 20.1 Å². The zero-order valence-corrected chi connectivity index (χ0v) is 28.7. The van der Waals surface area contributed by atoms with Crippen LogP contribution in [0.1, 0.15) is 69.8 Å². The van der Waals surface area contributed by atoms with Gasteiger partial charge in [0.15, 0.2) is 0 Å². The number of alkyl carbamates (subject to hydrolysis) is 1. The van der Waals surface area contributed by atoms with Crippen molar-refractivity contribution >= 4 is 50.7 Å². The van der Waals surface area contributed by atoms with E-state index >= 15 is 0 Å². The summed E-state index contributed by atoms with van der Waals surface area (Å²) in [6.45, 7) is 3.97. The normalized spacial score (nSPS) is 29.6. The molecule has 14 heteroatoms. The molecule has 7 rings (SSSR count). The third-order valence-electron chi connectivity index (χ3n) is 10.6. The highest BCUT2D eigenvalue weighted by Gasteiger charge is 2.62. The number of ether oxygens (including phenoxy) is 2. The lowest BCUT2D eigenvalue weighted by atomic mass is 9.96. The summed E-state index contributed by atoms with van der Waals surface area (Å²) in [4.78, 5) is 61.1. The minimum absolute atomic E-state index is 0.0225. The summed E-state index contributed by atoms with van der Waals surface area (Å²) in [5.74, 6) is -2.16. The highest BCUT2D eigenvalue weighted by molar-refractivity contribution is 7.91. The van der Waals surface area contributed by atoms with E-state index in [-0.39, 0.29) is 31.9 Å². The molecule has 3 aliphatic carbocycles. The van der Waals surface area contributed by atoms with E-state index in [1.54, 1.807) is 6.20 Å². The third-order valence-corrected chi connectivity index (χ3v) is 12.4. The van der Waals surface area contributed by atoms with Gasteiger partial charge in [-0.3, -0.25) is 19.1 Å². The Labute approximate surface area is 291 Å². The molecule has 1 saturated heterocycles. The molecule has 266 valence electrons. The molecule has 5 aliphatic rings. The van der Waals surface area contributed by atoms with Crippen molar-refractivity contribution in [3.8, 4) is 5.88 Å². The highest BCUT2D eigenvalue weighted by atomic mass is 32.2. The van der Waals surface area contributed by atoms with Gasteiger partial charge >= 0.3 is 6.09 Å². The molecule has 1 aromatic carbocycles. The molecule has 0 radical (unpaired) electrons. The summed E-state index contributed by atoms with van der Waals surface area (Å²) in [7, 11) is -3.87. The Morgan fingerprint density at radius 3 is 2.64 bits per heavy atom. The number of allylic oxidation sites excluding steroid dienone is 1. The number of nitrogens with one attached hydrogen (secondary N) is 3. The number of nitrogens with zero attached hydrogens (tertiary/aromatic N) is 2. The molecule has 2 aromatic rings. The quantitative estimate of drug-likeness (QED) is 0.365. The number of sulfonamides is 1. The Balaban J connectivity index is 1.21. The topological polar surface area (TPSA) is 173 Å². The van der Waals surface area contributed by atoms with Crippen LogP contribution in [-0.4, -0.2) is 84.2 Å². The van der Waals surface area contributed by atoms with Crippen LogP contribution >= 0.6 is 0 Å². The monoisotopic (exact) mass is 705 g/mol. The van der Waals surface area contributed by atoms with Crippen LogP contribution in [0.15, 0.2) is 49.2 Å². The van der Waals surface area contributed by atoms with Gasteiger partial charge in [-0.1, -0.05) is 43.2 Å². The molecule has 3 saturated carbocycles. The predicted octanol–water partition coefficient (Wildman–Crippen LogP) is 3.34. The van der Waals surface area contributed by atoms with E-state index in [0.717, 1.165) is 42.0 Å². The van der Waals surface area contributed by atoms with Crippen molar-refractivity contribution < 1.29 is 37.1 Å². The molecule has 5 atom stereocenters. The first-order valence-corrected chi connectivity index (χ1v) is 19.1. The number of rotatable bonds is 7. The van der Waals surface area contributed by atoms with Gasteiger partial charge in [-0.05, 0) is 73.9 Å². The van der Waals surface area contributed by atoms with E-state index in [0.29, 0.717) is 31.6 Å². The minimum atomic E-state index is -3.87. The summed E-state index contributed by atoms with van der Waals surface area (Å²) in [6, 6.07) is 5.80. The molecular weight excluding hydrogens is 662 g/mol. The maximum absolute atomic E-state index is 14.5. The first kappa shape index (κ1) is 34.0. The average molecular weight is 706 g/mol. The largest absolute Gasteiger partial charge is 0.472 e. The second-order valence-electron chi connectivity index (χ2n) is 14.1. The molecule has 4 bridgehead atoms. The number of fused-ring (bicyclic) bond motifs is 3. The second-order valence-corrected chi connectivity index (χ2v) is 16.1. The van der Waals surface area contributed by atoms with E-state index in [9.17, 15) is 27.6 Å². The maximum Gasteiger partial charge on any atom is 0.407 e. The van der Waals surface area contributed by atoms with Crippen molar-refractivity contribution in [3.63, 3.8) is 0 Å². The lowest BCUT2D eigenvalue weighted by molar-refractivity contribution is -0.142. The van der Waals surface area contributed by atoms with Crippen molar-refractivity contribution in [1.82, 2.24) is 25.2 Å². The molecule has 0 unspecified atom stereocenters. The fourth-order valence-electron chi connectivity index (χ4n) is 7.51. The van der Waals surface area contributed by atoms with Gasteiger partial charge in [0.25, 0.3) is 5.91 Å². The van der Waals surface area contributed by atoms with Crippen molar-refractivity contribution in [2.24, 2.45) is 11.8 Å². The van der Waals surface area contributed by atoms with Gasteiger partial charge in [0.2, 0.25) is 27.7 Å². The number of carbonyl (C=O) groups excluding carboxylic acids is 4. The number of carbonyl (C=O) groups is 4.